The predicted molar refractivity (Wildman–Crippen MR) is 70.9 cm³/mol. The normalized spacial score (nSPS) is 21.1. The van der Waals surface area contributed by atoms with Gasteiger partial charge in [0.2, 0.25) is 0 Å². The first-order valence-corrected chi connectivity index (χ1v) is 6.74. The van der Waals surface area contributed by atoms with Crippen molar-refractivity contribution in [2.75, 3.05) is 13.1 Å². The zero-order valence-corrected chi connectivity index (χ0v) is 10.7. The van der Waals surface area contributed by atoms with Crippen molar-refractivity contribution >= 4 is 0 Å². The molecule has 2 heteroatoms. The highest BCUT2D eigenvalue weighted by Gasteiger charge is 2.19. The average molecular weight is 233 g/mol. The molecule has 0 radical (unpaired) electrons. The quantitative estimate of drug-likeness (QED) is 0.864. The first-order chi connectivity index (χ1) is 8.27. The summed E-state index contributed by atoms with van der Waals surface area (Å²) >= 11 is 0. The molecule has 1 aliphatic rings. The van der Waals surface area contributed by atoms with Crippen LogP contribution < -0.4 is 0 Å². The SMILES string of the molecule is C[C@@H](C[C@H](O)c1ccccc1)N1CCCCC1. The highest BCUT2D eigenvalue weighted by molar-refractivity contribution is 5.17. The van der Waals surface area contributed by atoms with E-state index in [1.54, 1.807) is 0 Å². The molecule has 1 heterocycles. The number of nitrogens with zero attached hydrogens (tertiary/aromatic N) is 1. The third kappa shape index (κ3) is 3.55. The van der Waals surface area contributed by atoms with Crippen molar-refractivity contribution < 1.29 is 5.11 Å². The molecule has 0 aromatic heterocycles. The Morgan fingerprint density at radius 3 is 2.41 bits per heavy atom. The Labute approximate surface area is 104 Å². The first-order valence-electron chi connectivity index (χ1n) is 6.74. The van der Waals surface area contributed by atoms with Gasteiger partial charge >= 0.3 is 0 Å². The Balaban J connectivity index is 1.87. The molecule has 2 atom stereocenters. The molecule has 0 amide bonds. The molecule has 0 aliphatic carbocycles. The maximum absolute atomic E-state index is 10.2. The Hall–Kier alpha value is -0.860. The third-order valence-electron chi connectivity index (χ3n) is 3.76. The van der Waals surface area contributed by atoms with E-state index in [9.17, 15) is 5.11 Å². The van der Waals surface area contributed by atoms with Gasteiger partial charge in [-0.15, -0.1) is 0 Å². The van der Waals surface area contributed by atoms with Crippen LogP contribution in [0.5, 0.6) is 0 Å². The number of likely N-dealkylation sites (tertiary alicyclic amines) is 1. The maximum Gasteiger partial charge on any atom is 0.0804 e. The van der Waals surface area contributed by atoms with Gasteiger partial charge in [0.15, 0.2) is 0 Å². The van der Waals surface area contributed by atoms with Crippen LogP contribution in [-0.4, -0.2) is 29.1 Å². The van der Waals surface area contributed by atoms with Gasteiger partial charge in [0.05, 0.1) is 6.10 Å². The summed E-state index contributed by atoms with van der Waals surface area (Å²) in [6.45, 7) is 4.63. The number of aliphatic hydroxyl groups is 1. The fourth-order valence-electron chi connectivity index (χ4n) is 2.64. The summed E-state index contributed by atoms with van der Waals surface area (Å²) < 4.78 is 0. The summed E-state index contributed by atoms with van der Waals surface area (Å²) in [5.41, 5.74) is 1.04. The zero-order chi connectivity index (χ0) is 12.1. The van der Waals surface area contributed by atoms with E-state index in [4.69, 9.17) is 0 Å². The fourth-order valence-corrected chi connectivity index (χ4v) is 2.64. The Kier molecular flexibility index (Phi) is 4.57. The second kappa shape index (κ2) is 6.18. The molecule has 0 saturated carbocycles. The van der Waals surface area contributed by atoms with Gasteiger partial charge < -0.3 is 10.0 Å². The highest BCUT2D eigenvalue weighted by Crippen LogP contribution is 2.22. The van der Waals surface area contributed by atoms with Gasteiger partial charge in [-0.1, -0.05) is 36.8 Å². The lowest BCUT2D eigenvalue weighted by molar-refractivity contribution is 0.0970. The highest BCUT2D eigenvalue weighted by atomic mass is 16.3. The smallest absolute Gasteiger partial charge is 0.0804 e. The number of aliphatic hydroxyl groups excluding tert-OH is 1. The van der Waals surface area contributed by atoms with Gasteiger partial charge in [0.25, 0.3) is 0 Å². The number of benzene rings is 1. The molecule has 1 aliphatic heterocycles. The van der Waals surface area contributed by atoms with Crippen molar-refractivity contribution in [3.8, 4) is 0 Å². The summed E-state index contributed by atoms with van der Waals surface area (Å²) in [5.74, 6) is 0. The molecule has 0 spiro atoms. The van der Waals surface area contributed by atoms with Gasteiger partial charge in [0.1, 0.15) is 0 Å². The Morgan fingerprint density at radius 2 is 1.76 bits per heavy atom. The first kappa shape index (κ1) is 12.6. The molecular weight excluding hydrogens is 210 g/mol. The minimum absolute atomic E-state index is 0.326. The lowest BCUT2D eigenvalue weighted by Crippen LogP contribution is -2.38. The van der Waals surface area contributed by atoms with Crippen molar-refractivity contribution in [2.24, 2.45) is 0 Å². The van der Waals surface area contributed by atoms with Crippen molar-refractivity contribution in [2.45, 2.75) is 44.8 Å². The molecule has 1 fully saturated rings. The molecule has 0 bridgehead atoms. The lowest BCUT2D eigenvalue weighted by Gasteiger charge is -2.33. The van der Waals surface area contributed by atoms with Crippen LogP contribution in [0.1, 0.15) is 44.3 Å². The fraction of sp³-hybridized carbons (Fsp3) is 0.600. The molecule has 1 aromatic carbocycles. The second-order valence-electron chi connectivity index (χ2n) is 5.11. The van der Waals surface area contributed by atoms with E-state index in [-0.39, 0.29) is 6.10 Å². The van der Waals surface area contributed by atoms with Crippen molar-refractivity contribution in [3.05, 3.63) is 35.9 Å². The summed E-state index contributed by atoms with van der Waals surface area (Å²) in [7, 11) is 0. The number of hydrogen-bond donors (Lipinski definition) is 1. The standard InChI is InChI=1S/C15H23NO/c1-13(16-10-6-3-7-11-16)12-15(17)14-8-4-2-5-9-14/h2,4-5,8-9,13,15,17H,3,6-7,10-12H2,1H3/t13-,15-/m0/s1. The van der Waals surface area contributed by atoms with Gasteiger partial charge in [-0.25, -0.2) is 0 Å². The van der Waals surface area contributed by atoms with Crippen LogP contribution in [0.4, 0.5) is 0 Å². The van der Waals surface area contributed by atoms with E-state index in [1.165, 1.54) is 32.4 Å². The van der Waals surface area contributed by atoms with Crippen LogP contribution in [0.3, 0.4) is 0 Å². The summed E-state index contributed by atoms with van der Waals surface area (Å²) in [4.78, 5) is 2.51. The van der Waals surface area contributed by atoms with Crippen molar-refractivity contribution in [1.29, 1.82) is 0 Å². The van der Waals surface area contributed by atoms with E-state index in [0.29, 0.717) is 6.04 Å². The minimum atomic E-state index is -0.326. The lowest BCUT2D eigenvalue weighted by atomic mass is 10.0. The van der Waals surface area contributed by atoms with Crippen LogP contribution in [-0.2, 0) is 0 Å². The molecule has 2 nitrogen and oxygen atoms in total. The number of hydrogen-bond acceptors (Lipinski definition) is 2. The second-order valence-corrected chi connectivity index (χ2v) is 5.11. The minimum Gasteiger partial charge on any atom is -0.388 e. The molecule has 2 rings (SSSR count). The van der Waals surface area contributed by atoms with Crippen LogP contribution in [0.25, 0.3) is 0 Å². The van der Waals surface area contributed by atoms with E-state index >= 15 is 0 Å². The summed E-state index contributed by atoms with van der Waals surface area (Å²) in [5, 5.41) is 10.2. The van der Waals surface area contributed by atoms with E-state index < -0.39 is 0 Å². The van der Waals surface area contributed by atoms with Gasteiger partial charge in [-0.05, 0) is 44.8 Å². The largest absolute Gasteiger partial charge is 0.388 e. The van der Waals surface area contributed by atoms with Crippen molar-refractivity contribution in [3.63, 3.8) is 0 Å². The number of rotatable bonds is 4. The topological polar surface area (TPSA) is 23.5 Å². The predicted octanol–water partition coefficient (Wildman–Crippen LogP) is 2.98. The van der Waals surface area contributed by atoms with Gasteiger partial charge in [-0.3, -0.25) is 0 Å². The summed E-state index contributed by atoms with van der Waals surface area (Å²) in [6, 6.07) is 10.5. The van der Waals surface area contributed by atoms with E-state index in [2.05, 4.69) is 11.8 Å². The number of piperidine rings is 1. The Morgan fingerprint density at radius 1 is 1.12 bits per heavy atom. The summed E-state index contributed by atoms with van der Waals surface area (Å²) in [6.07, 6.45) is 4.50. The van der Waals surface area contributed by atoms with Crippen LogP contribution in [0.15, 0.2) is 30.3 Å². The van der Waals surface area contributed by atoms with Crippen LogP contribution in [0, 0.1) is 0 Å². The van der Waals surface area contributed by atoms with Crippen molar-refractivity contribution in [1.82, 2.24) is 4.90 Å². The maximum atomic E-state index is 10.2. The molecule has 1 aromatic rings. The van der Waals surface area contributed by atoms with E-state index in [0.717, 1.165) is 12.0 Å². The van der Waals surface area contributed by atoms with E-state index in [1.807, 2.05) is 30.3 Å². The molecule has 0 unspecified atom stereocenters. The van der Waals surface area contributed by atoms with Gasteiger partial charge in [-0.2, -0.15) is 0 Å². The third-order valence-corrected chi connectivity index (χ3v) is 3.76. The molecule has 17 heavy (non-hydrogen) atoms. The van der Waals surface area contributed by atoms with Crippen LogP contribution >= 0.6 is 0 Å². The monoisotopic (exact) mass is 233 g/mol. The molecular formula is C15H23NO. The van der Waals surface area contributed by atoms with Gasteiger partial charge in [0, 0.05) is 6.04 Å². The van der Waals surface area contributed by atoms with Crippen LogP contribution in [0.2, 0.25) is 0 Å². The molecule has 1 N–H and O–H groups in total. The molecule has 1 saturated heterocycles. The zero-order valence-electron chi connectivity index (χ0n) is 10.7. The average Bonchev–Trinajstić information content (AvgIpc) is 2.40. The molecule has 94 valence electrons. The Bertz CT molecular complexity index is 319.